The number of nitrogens with zero attached hydrogens (tertiary/aromatic N) is 3. The van der Waals surface area contributed by atoms with Crippen LogP contribution in [0.3, 0.4) is 0 Å². The van der Waals surface area contributed by atoms with E-state index >= 15 is 0 Å². The number of aliphatic hydroxyl groups is 3. The van der Waals surface area contributed by atoms with Crippen LogP contribution in [0, 0.1) is 0 Å². The van der Waals surface area contributed by atoms with Crippen LogP contribution in [0.25, 0.3) is 5.52 Å². The summed E-state index contributed by atoms with van der Waals surface area (Å²) in [6, 6.07) is 3.12. The number of alkyl halides is 1. The molecule has 9 heteroatoms. The average Bonchev–Trinajstić information content (AvgIpc) is 2.96. The van der Waals surface area contributed by atoms with Crippen LogP contribution in [0.1, 0.15) is 11.8 Å². The van der Waals surface area contributed by atoms with E-state index < -0.39 is 30.8 Å². The quantitative estimate of drug-likeness (QED) is 0.543. The van der Waals surface area contributed by atoms with Gasteiger partial charge in [0.1, 0.15) is 36.8 Å². The Kier molecular flexibility index (Phi) is 2.87. The summed E-state index contributed by atoms with van der Waals surface area (Å²) in [5, 5.41) is 32.5. The van der Waals surface area contributed by atoms with Crippen LogP contribution < -0.4 is 5.73 Å². The van der Waals surface area contributed by atoms with Crippen molar-refractivity contribution in [3.63, 3.8) is 0 Å². The average molecular weight is 284 g/mol. The van der Waals surface area contributed by atoms with Gasteiger partial charge in [-0.3, -0.25) is 0 Å². The molecule has 20 heavy (non-hydrogen) atoms. The molecule has 8 nitrogen and oxygen atoms in total. The first-order valence-corrected chi connectivity index (χ1v) is 5.90. The van der Waals surface area contributed by atoms with E-state index in [-0.39, 0.29) is 5.82 Å². The van der Waals surface area contributed by atoms with Gasteiger partial charge in [-0.1, -0.05) is 0 Å². The highest BCUT2D eigenvalue weighted by atomic mass is 19.2. The molecule has 2 aromatic heterocycles. The van der Waals surface area contributed by atoms with Gasteiger partial charge in [0.25, 0.3) is 5.85 Å². The van der Waals surface area contributed by atoms with Gasteiger partial charge in [-0.15, -0.1) is 0 Å². The van der Waals surface area contributed by atoms with Crippen LogP contribution in [-0.2, 0) is 4.74 Å². The van der Waals surface area contributed by atoms with Gasteiger partial charge in [0.2, 0.25) is 0 Å². The largest absolute Gasteiger partial charge is 0.390 e. The summed E-state index contributed by atoms with van der Waals surface area (Å²) in [7, 11) is 0. The predicted octanol–water partition coefficient (Wildman–Crippen LogP) is -1.24. The number of hydrogen-bond donors (Lipinski definition) is 4. The van der Waals surface area contributed by atoms with Crippen LogP contribution >= 0.6 is 0 Å². The van der Waals surface area contributed by atoms with Crippen LogP contribution in [0.4, 0.5) is 10.2 Å². The molecular formula is C11H13FN4O4. The highest BCUT2D eigenvalue weighted by molar-refractivity contribution is 5.65. The Morgan fingerprint density at radius 3 is 2.85 bits per heavy atom. The summed E-state index contributed by atoms with van der Waals surface area (Å²) in [4.78, 5) is 3.81. The number of rotatable bonds is 2. The minimum Gasteiger partial charge on any atom is -0.390 e. The van der Waals surface area contributed by atoms with Crippen LogP contribution in [-0.4, -0.2) is 54.6 Å². The van der Waals surface area contributed by atoms with Gasteiger partial charge in [-0.25, -0.2) is 13.9 Å². The molecule has 4 atom stereocenters. The first-order chi connectivity index (χ1) is 9.48. The molecule has 0 spiro atoms. The molecule has 0 amide bonds. The second kappa shape index (κ2) is 4.35. The minimum absolute atomic E-state index is 0.216. The molecule has 2 aromatic rings. The number of halogens is 1. The lowest BCUT2D eigenvalue weighted by molar-refractivity contribution is -0.197. The maximum atomic E-state index is 14.1. The number of ether oxygens (including phenoxy) is 1. The lowest BCUT2D eigenvalue weighted by Gasteiger charge is -2.19. The Hall–Kier alpha value is -1.81. The molecule has 3 heterocycles. The fraction of sp³-hybridized carbons (Fsp3) is 0.455. The van der Waals surface area contributed by atoms with E-state index in [4.69, 9.17) is 15.6 Å². The third-order valence-corrected chi connectivity index (χ3v) is 3.42. The normalized spacial score (nSPS) is 33.9. The summed E-state index contributed by atoms with van der Waals surface area (Å²) >= 11 is 0. The Morgan fingerprint density at radius 1 is 1.45 bits per heavy atom. The number of aliphatic hydroxyl groups excluding tert-OH is 3. The summed E-state index contributed by atoms with van der Waals surface area (Å²) < 4.78 is 20.4. The van der Waals surface area contributed by atoms with Crippen molar-refractivity contribution in [2.75, 3.05) is 12.3 Å². The van der Waals surface area contributed by atoms with E-state index in [1.807, 2.05) is 0 Å². The van der Waals surface area contributed by atoms with Crippen LogP contribution in [0.15, 0.2) is 18.5 Å². The summed E-state index contributed by atoms with van der Waals surface area (Å²) in [6.07, 6.45) is -3.37. The van der Waals surface area contributed by atoms with Gasteiger partial charge in [-0.2, -0.15) is 5.10 Å². The molecule has 1 aliphatic heterocycles. The van der Waals surface area contributed by atoms with Gasteiger partial charge in [0.05, 0.1) is 5.69 Å². The molecule has 0 radical (unpaired) electrons. The van der Waals surface area contributed by atoms with Gasteiger partial charge >= 0.3 is 0 Å². The molecule has 108 valence electrons. The Balaban J connectivity index is 2.06. The Bertz CT molecular complexity index is 650. The van der Waals surface area contributed by atoms with Gasteiger partial charge in [-0.05, 0) is 12.1 Å². The molecule has 0 aromatic carbocycles. The summed E-state index contributed by atoms with van der Waals surface area (Å²) in [6.45, 7) is -1.07. The number of fused-ring (bicyclic) bond motifs is 1. The van der Waals surface area contributed by atoms with Gasteiger partial charge in [0.15, 0.2) is 5.82 Å². The van der Waals surface area contributed by atoms with E-state index in [9.17, 15) is 14.6 Å². The molecule has 0 saturated carbocycles. The topological polar surface area (TPSA) is 126 Å². The smallest absolute Gasteiger partial charge is 0.262 e. The van der Waals surface area contributed by atoms with Crippen molar-refractivity contribution in [2.24, 2.45) is 0 Å². The molecule has 1 fully saturated rings. The van der Waals surface area contributed by atoms with Crippen LogP contribution in [0.2, 0.25) is 0 Å². The maximum Gasteiger partial charge on any atom is 0.262 e. The first-order valence-electron chi connectivity index (χ1n) is 5.90. The number of nitrogens with two attached hydrogens (primary N) is 1. The monoisotopic (exact) mass is 284 g/mol. The van der Waals surface area contributed by atoms with Crippen molar-refractivity contribution in [1.82, 2.24) is 14.6 Å². The number of aromatic nitrogens is 3. The lowest BCUT2D eigenvalue weighted by Crippen LogP contribution is -2.42. The lowest BCUT2D eigenvalue weighted by atomic mass is 10.1. The first kappa shape index (κ1) is 13.2. The highest BCUT2D eigenvalue weighted by Crippen LogP contribution is 2.41. The second-order valence-corrected chi connectivity index (χ2v) is 4.62. The van der Waals surface area contributed by atoms with Crippen molar-refractivity contribution in [3.8, 4) is 0 Å². The molecule has 1 aliphatic rings. The fourth-order valence-electron chi connectivity index (χ4n) is 2.33. The van der Waals surface area contributed by atoms with Crippen molar-refractivity contribution in [3.05, 3.63) is 24.2 Å². The number of hydrogen-bond acceptors (Lipinski definition) is 7. The van der Waals surface area contributed by atoms with Crippen molar-refractivity contribution < 1.29 is 24.4 Å². The standard InChI is InChI=1S/C11H13FN4O4/c12-11(3-17)9(19)7(18)8(20-11)5-1-2-6-10(13)14-4-15-16(5)6/h1-2,4,7-9,17-19H,3H2,(H2,13,14,15)/t7-,8-,9-,11+/m0/s1. The van der Waals surface area contributed by atoms with Crippen LogP contribution in [0.5, 0.6) is 0 Å². The van der Waals surface area contributed by atoms with E-state index in [0.29, 0.717) is 11.2 Å². The van der Waals surface area contributed by atoms with E-state index in [1.54, 1.807) is 6.07 Å². The highest BCUT2D eigenvalue weighted by Gasteiger charge is 2.56. The molecular weight excluding hydrogens is 271 g/mol. The molecule has 3 rings (SSSR count). The Morgan fingerprint density at radius 2 is 2.20 bits per heavy atom. The Labute approximate surface area is 112 Å². The van der Waals surface area contributed by atoms with E-state index in [2.05, 4.69) is 10.1 Å². The zero-order chi connectivity index (χ0) is 14.5. The molecule has 1 saturated heterocycles. The molecule has 5 N–H and O–H groups in total. The summed E-state index contributed by atoms with van der Waals surface area (Å²) in [5.74, 6) is -2.50. The minimum atomic E-state index is -2.72. The predicted molar refractivity (Wildman–Crippen MR) is 64.2 cm³/mol. The zero-order valence-corrected chi connectivity index (χ0v) is 10.2. The molecule has 0 bridgehead atoms. The van der Waals surface area contributed by atoms with Crippen molar-refractivity contribution >= 4 is 11.3 Å². The van der Waals surface area contributed by atoms with E-state index in [0.717, 1.165) is 0 Å². The second-order valence-electron chi connectivity index (χ2n) is 4.62. The zero-order valence-electron chi connectivity index (χ0n) is 10.2. The van der Waals surface area contributed by atoms with Gasteiger partial charge < -0.3 is 25.8 Å². The van der Waals surface area contributed by atoms with E-state index in [1.165, 1.54) is 16.9 Å². The van der Waals surface area contributed by atoms with Crippen molar-refractivity contribution in [1.29, 1.82) is 0 Å². The number of nitrogen functional groups attached to an aromatic ring is 1. The summed E-state index contributed by atoms with van der Waals surface area (Å²) in [5.41, 5.74) is 6.44. The molecule has 0 aliphatic carbocycles. The SMILES string of the molecule is Nc1ncnn2c([C@@H]3O[C@](F)(CO)[C@@H](O)[C@H]3O)ccc12. The van der Waals surface area contributed by atoms with Crippen molar-refractivity contribution in [2.45, 2.75) is 24.2 Å². The molecule has 0 unspecified atom stereocenters. The maximum absolute atomic E-state index is 14.1. The fourth-order valence-corrected chi connectivity index (χ4v) is 2.33. The van der Waals surface area contributed by atoms with Gasteiger partial charge in [0, 0.05) is 0 Å². The third kappa shape index (κ3) is 1.68. The number of anilines is 1. The third-order valence-electron chi connectivity index (χ3n) is 3.42.